The molecule has 4 heteroatoms. The van der Waals surface area contributed by atoms with Crippen molar-refractivity contribution in [3.8, 4) is 0 Å². The van der Waals surface area contributed by atoms with Crippen molar-refractivity contribution in [3.63, 3.8) is 0 Å². The SMILES string of the molecule is C[C@@H](NC(=O)C(c1ccccc1)c1ccccc1)C(=O)NC1CCCCC1. The van der Waals surface area contributed by atoms with Crippen LogP contribution in [0.3, 0.4) is 0 Å². The zero-order valence-corrected chi connectivity index (χ0v) is 15.9. The van der Waals surface area contributed by atoms with E-state index in [0.29, 0.717) is 0 Å². The van der Waals surface area contributed by atoms with Gasteiger partial charge in [0, 0.05) is 6.04 Å². The van der Waals surface area contributed by atoms with Crippen molar-refractivity contribution in [3.05, 3.63) is 71.8 Å². The number of amides is 2. The predicted molar refractivity (Wildman–Crippen MR) is 107 cm³/mol. The number of hydrogen-bond acceptors (Lipinski definition) is 2. The number of rotatable bonds is 6. The van der Waals surface area contributed by atoms with E-state index < -0.39 is 12.0 Å². The van der Waals surface area contributed by atoms with Gasteiger partial charge in [-0.25, -0.2) is 0 Å². The standard InChI is InChI=1S/C23H28N2O2/c1-17(22(26)25-20-15-9-4-10-16-20)24-23(27)21(18-11-5-2-6-12-18)19-13-7-3-8-14-19/h2-3,5-8,11-14,17,20-21H,4,9-10,15-16H2,1H3,(H,24,27)(H,25,26)/t17-/m1/s1. The Labute approximate surface area is 161 Å². The van der Waals surface area contributed by atoms with Crippen LogP contribution in [0.2, 0.25) is 0 Å². The van der Waals surface area contributed by atoms with E-state index in [2.05, 4.69) is 10.6 Å². The molecule has 0 saturated heterocycles. The minimum atomic E-state index is -0.561. The van der Waals surface area contributed by atoms with Crippen molar-refractivity contribution in [1.29, 1.82) is 0 Å². The monoisotopic (exact) mass is 364 g/mol. The highest BCUT2D eigenvalue weighted by Gasteiger charge is 2.26. The molecule has 2 N–H and O–H groups in total. The summed E-state index contributed by atoms with van der Waals surface area (Å²) in [5.74, 6) is -0.689. The fourth-order valence-corrected chi connectivity index (χ4v) is 3.72. The third kappa shape index (κ3) is 5.19. The van der Waals surface area contributed by atoms with Crippen LogP contribution in [0.4, 0.5) is 0 Å². The molecule has 2 aromatic carbocycles. The van der Waals surface area contributed by atoms with Crippen molar-refractivity contribution in [2.45, 2.75) is 57.0 Å². The molecule has 1 aliphatic rings. The highest BCUT2D eigenvalue weighted by molar-refractivity contribution is 5.92. The molecule has 2 amide bonds. The van der Waals surface area contributed by atoms with Gasteiger partial charge in [-0.2, -0.15) is 0 Å². The lowest BCUT2D eigenvalue weighted by Gasteiger charge is -2.25. The van der Waals surface area contributed by atoms with E-state index in [4.69, 9.17) is 0 Å². The Morgan fingerprint density at radius 2 is 1.33 bits per heavy atom. The fraction of sp³-hybridized carbons (Fsp3) is 0.391. The zero-order chi connectivity index (χ0) is 19.1. The zero-order valence-electron chi connectivity index (χ0n) is 15.9. The molecule has 3 rings (SSSR count). The van der Waals surface area contributed by atoms with Crippen LogP contribution in [-0.2, 0) is 9.59 Å². The van der Waals surface area contributed by atoms with Gasteiger partial charge in [0.2, 0.25) is 11.8 Å². The summed E-state index contributed by atoms with van der Waals surface area (Å²) in [6.45, 7) is 1.75. The molecule has 27 heavy (non-hydrogen) atoms. The van der Waals surface area contributed by atoms with Crippen LogP contribution in [0.5, 0.6) is 0 Å². The lowest BCUT2D eigenvalue weighted by Crippen LogP contribution is -2.49. The molecule has 2 aromatic rings. The van der Waals surface area contributed by atoms with Crippen LogP contribution in [0.15, 0.2) is 60.7 Å². The third-order valence-corrected chi connectivity index (χ3v) is 5.23. The maximum atomic E-state index is 13.1. The Bertz CT molecular complexity index is 700. The van der Waals surface area contributed by atoms with Crippen LogP contribution < -0.4 is 10.6 Å². The molecule has 0 heterocycles. The van der Waals surface area contributed by atoms with E-state index >= 15 is 0 Å². The van der Waals surface area contributed by atoms with Gasteiger partial charge >= 0.3 is 0 Å². The summed E-state index contributed by atoms with van der Waals surface area (Å²) in [6, 6.07) is 19.1. The summed E-state index contributed by atoms with van der Waals surface area (Å²) in [6.07, 6.45) is 5.63. The van der Waals surface area contributed by atoms with Crippen molar-refractivity contribution >= 4 is 11.8 Å². The van der Waals surface area contributed by atoms with Gasteiger partial charge in [-0.3, -0.25) is 9.59 Å². The summed E-state index contributed by atoms with van der Waals surface area (Å²) in [5, 5.41) is 6.00. The fourth-order valence-electron chi connectivity index (χ4n) is 3.72. The van der Waals surface area contributed by atoms with Gasteiger partial charge in [0.25, 0.3) is 0 Å². The molecule has 1 saturated carbocycles. The van der Waals surface area contributed by atoms with Gasteiger partial charge in [-0.15, -0.1) is 0 Å². The lowest BCUT2D eigenvalue weighted by atomic mass is 9.90. The second-order valence-electron chi connectivity index (χ2n) is 7.33. The van der Waals surface area contributed by atoms with E-state index in [1.165, 1.54) is 6.42 Å². The topological polar surface area (TPSA) is 58.2 Å². The smallest absolute Gasteiger partial charge is 0.242 e. The first kappa shape index (κ1) is 19.2. The van der Waals surface area contributed by atoms with Crippen molar-refractivity contribution in [2.75, 3.05) is 0 Å². The summed E-state index contributed by atoms with van der Waals surface area (Å²) in [5.41, 5.74) is 1.84. The molecule has 1 aliphatic carbocycles. The Kier molecular flexibility index (Phi) is 6.64. The number of benzene rings is 2. The molecular formula is C23H28N2O2. The lowest BCUT2D eigenvalue weighted by molar-refractivity contribution is -0.129. The third-order valence-electron chi connectivity index (χ3n) is 5.23. The van der Waals surface area contributed by atoms with Crippen molar-refractivity contribution < 1.29 is 9.59 Å². The predicted octanol–water partition coefficient (Wildman–Crippen LogP) is 3.77. The van der Waals surface area contributed by atoms with E-state index in [1.54, 1.807) is 6.92 Å². The number of carbonyl (C=O) groups is 2. The van der Waals surface area contributed by atoms with Crippen LogP contribution in [0, 0.1) is 0 Å². The number of carbonyl (C=O) groups excluding carboxylic acids is 2. The number of nitrogens with one attached hydrogen (secondary N) is 2. The highest BCUT2D eigenvalue weighted by Crippen LogP contribution is 2.25. The van der Waals surface area contributed by atoms with Crippen LogP contribution in [0.25, 0.3) is 0 Å². The van der Waals surface area contributed by atoms with Gasteiger partial charge in [0.05, 0.1) is 5.92 Å². The van der Waals surface area contributed by atoms with Gasteiger partial charge < -0.3 is 10.6 Å². The van der Waals surface area contributed by atoms with E-state index in [1.807, 2.05) is 60.7 Å². The normalized spacial score (nSPS) is 15.9. The molecule has 142 valence electrons. The quantitative estimate of drug-likeness (QED) is 0.820. The Morgan fingerprint density at radius 3 is 1.85 bits per heavy atom. The van der Waals surface area contributed by atoms with E-state index in [0.717, 1.165) is 36.8 Å². The first-order chi connectivity index (χ1) is 13.1. The second kappa shape index (κ2) is 9.36. The van der Waals surface area contributed by atoms with Crippen molar-refractivity contribution in [2.24, 2.45) is 0 Å². The summed E-state index contributed by atoms with van der Waals surface area (Å²) >= 11 is 0. The Morgan fingerprint density at radius 1 is 0.815 bits per heavy atom. The Balaban J connectivity index is 1.69. The maximum absolute atomic E-state index is 13.1. The van der Waals surface area contributed by atoms with Crippen molar-refractivity contribution in [1.82, 2.24) is 10.6 Å². The molecule has 0 spiro atoms. The van der Waals surface area contributed by atoms with Crippen LogP contribution in [0.1, 0.15) is 56.1 Å². The molecule has 0 aliphatic heterocycles. The van der Waals surface area contributed by atoms with Gasteiger partial charge in [0.1, 0.15) is 6.04 Å². The van der Waals surface area contributed by atoms with Gasteiger partial charge in [-0.1, -0.05) is 79.9 Å². The summed E-state index contributed by atoms with van der Waals surface area (Å²) < 4.78 is 0. The van der Waals surface area contributed by atoms with E-state index in [9.17, 15) is 9.59 Å². The molecule has 0 bridgehead atoms. The molecule has 0 aromatic heterocycles. The van der Waals surface area contributed by atoms with Crippen LogP contribution in [-0.4, -0.2) is 23.9 Å². The maximum Gasteiger partial charge on any atom is 0.242 e. The molecule has 0 radical (unpaired) electrons. The molecular weight excluding hydrogens is 336 g/mol. The Hall–Kier alpha value is -2.62. The van der Waals surface area contributed by atoms with Crippen LogP contribution >= 0.6 is 0 Å². The molecule has 4 nitrogen and oxygen atoms in total. The average molecular weight is 364 g/mol. The molecule has 1 fully saturated rings. The highest BCUT2D eigenvalue weighted by atomic mass is 16.2. The summed E-state index contributed by atoms with van der Waals surface area (Å²) in [7, 11) is 0. The number of hydrogen-bond donors (Lipinski definition) is 2. The average Bonchev–Trinajstić information content (AvgIpc) is 2.70. The van der Waals surface area contributed by atoms with Gasteiger partial charge in [0.15, 0.2) is 0 Å². The summed E-state index contributed by atoms with van der Waals surface area (Å²) in [4.78, 5) is 25.6. The van der Waals surface area contributed by atoms with E-state index in [-0.39, 0.29) is 17.9 Å². The van der Waals surface area contributed by atoms with Gasteiger partial charge in [-0.05, 0) is 30.9 Å². The largest absolute Gasteiger partial charge is 0.352 e. The first-order valence-corrected chi connectivity index (χ1v) is 9.86. The minimum absolute atomic E-state index is 0.102. The second-order valence-corrected chi connectivity index (χ2v) is 7.33. The first-order valence-electron chi connectivity index (χ1n) is 9.86. The minimum Gasteiger partial charge on any atom is -0.352 e. The molecule has 1 atom stereocenters. The molecule has 0 unspecified atom stereocenters.